The van der Waals surface area contributed by atoms with Crippen LogP contribution in [0.1, 0.15) is 12.8 Å². The second kappa shape index (κ2) is 6.68. The Balaban J connectivity index is 2.37. The number of rotatable bonds is 5. The zero-order valence-corrected chi connectivity index (χ0v) is 9.41. The molecule has 1 rings (SSSR count). The Bertz CT molecular complexity index is 256. The van der Waals surface area contributed by atoms with Crippen molar-refractivity contribution in [3.63, 3.8) is 0 Å². The third kappa shape index (κ3) is 4.41. The molecule has 100 valence electrons. The van der Waals surface area contributed by atoms with Gasteiger partial charge in [-0.15, -0.1) is 0 Å². The van der Waals surface area contributed by atoms with Crippen molar-refractivity contribution in [2.24, 2.45) is 0 Å². The van der Waals surface area contributed by atoms with Gasteiger partial charge in [0.15, 0.2) is 0 Å². The summed E-state index contributed by atoms with van der Waals surface area (Å²) in [6, 6.07) is -0.410. The largest absolute Gasteiger partial charge is 0.465 e. The second-order valence-electron chi connectivity index (χ2n) is 4.12. The molecule has 7 heteroatoms. The molecule has 0 bridgehead atoms. The van der Waals surface area contributed by atoms with Crippen LogP contribution in [0, 0.1) is 0 Å². The normalized spacial score (nSPS) is 24.4. The molecular weight excluding hydrogens is 237 g/mol. The molecule has 0 radical (unpaired) electrons. The fourth-order valence-electron chi connectivity index (χ4n) is 1.86. The molecule has 1 aliphatic heterocycles. The van der Waals surface area contributed by atoms with E-state index in [-0.39, 0.29) is 13.0 Å². The van der Waals surface area contributed by atoms with Crippen LogP contribution in [-0.2, 0) is 0 Å². The van der Waals surface area contributed by atoms with Gasteiger partial charge in [0.2, 0.25) is 0 Å². The fraction of sp³-hybridized carbons (Fsp3) is 0.900. The first-order chi connectivity index (χ1) is 8.04. The smallest absolute Gasteiger partial charge is 0.407 e. The van der Waals surface area contributed by atoms with Gasteiger partial charge in [0.1, 0.15) is 12.3 Å². The molecule has 1 amide bonds. The average molecular weight is 254 g/mol. The number of carbonyl (C=O) groups is 1. The highest BCUT2D eigenvalue weighted by Crippen LogP contribution is 2.16. The highest BCUT2D eigenvalue weighted by Gasteiger charge is 2.28. The van der Waals surface area contributed by atoms with Gasteiger partial charge in [-0.05, 0) is 6.42 Å². The SMILES string of the molecule is O=C(O)N1CCNC(CC(F)C(F)CCF)C1. The lowest BCUT2D eigenvalue weighted by molar-refractivity contribution is 0.101. The van der Waals surface area contributed by atoms with E-state index in [1.807, 2.05) is 0 Å². The van der Waals surface area contributed by atoms with Gasteiger partial charge in [0.05, 0.1) is 6.67 Å². The number of amides is 1. The van der Waals surface area contributed by atoms with Gasteiger partial charge in [-0.1, -0.05) is 0 Å². The van der Waals surface area contributed by atoms with Crippen LogP contribution >= 0.6 is 0 Å². The summed E-state index contributed by atoms with van der Waals surface area (Å²) in [5.41, 5.74) is 0. The Kier molecular flexibility index (Phi) is 5.54. The van der Waals surface area contributed by atoms with Crippen molar-refractivity contribution >= 4 is 6.09 Å². The van der Waals surface area contributed by atoms with Crippen LogP contribution in [0.4, 0.5) is 18.0 Å². The predicted octanol–water partition coefficient (Wildman–Crippen LogP) is 1.36. The van der Waals surface area contributed by atoms with E-state index in [0.717, 1.165) is 4.90 Å². The van der Waals surface area contributed by atoms with Gasteiger partial charge >= 0.3 is 6.09 Å². The maximum absolute atomic E-state index is 13.3. The van der Waals surface area contributed by atoms with E-state index in [2.05, 4.69) is 5.32 Å². The summed E-state index contributed by atoms with van der Waals surface area (Å²) in [6.07, 6.45) is -5.21. The van der Waals surface area contributed by atoms with Gasteiger partial charge < -0.3 is 15.3 Å². The van der Waals surface area contributed by atoms with Crippen LogP contribution in [0.15, 0.2) is 0 Å². The van der Waals surface area contributed by atoms with Gasteiger partial charge in [0.25, 0.3) is 0 Å². The van der Waals surface area contributed by atoms with Crippen LogP contribution in [-0.4, -0.2) is 60.8 Å². The number of nitrogens with zero attached hydrogens (tertiary/aromatic N) is 1. The van der Waals surface area contributed by atoms with Crippen LogP contribution < -0.4 is 5.32 Å². The van der Waals surface area contributed by atoms with Crippen LogP contribution in [0.25, 0.3) is 0 Å². The zero-order valence-electron chi connectivity index (χ0n) is 9.41. The number of alkyl halides is 3. The lowest BCUT2D eigenvalue weighted by atomic mass is 10.0. The number of hydrogen-bond donors (Lipinski definition) is 2. The molecule has 0 aromatic carbocycles. The first-order valence-electron chi connectivity index (χ1n) is 5.60. The van der Waals surface area contributed by atoms with Crippen molar-refractivity contribution in [2.75, 3.05) is 26.3 Å². The quantitative estimate of drug-likeness (QED) is 0.779. The predicted molar refractivity (Wildman–Crippen MR) is 56.4 cm³/mol. The maximum Gasteiger partial charge on any atom is 0.407 e. The lowest BCUT2D eigenvalue weighted by Crippen LogP contribution is -2.53. The zero-order chi connectivity index (χ0) is 12.8. The van der Waals surface area contributed by atoms with E-state index in [1.165, 1.54) is 0 Å². The van der Waals surface area contributed by atoms with Gasteiger partial charge in [-0.25, -0.2) is 13.6 Å². The molecule has 17 heavy (non-hydrogen) atoms. The van der Waals surface area contributed by atoms with Gasteiger partial charge in [0, 0.05) is 32.1 Å². The third-order valence-electron chi connectivity index (χ3n) is 2.81. The summed E-state index contributed by atoms with van der Waals surface area (Å²) in [4.78, 5) is 11.9. The Morgan fingerprint density at radius 3 is 2.76 bits per heavy atom. The van der Waals surface area contributed by atoms with Crippen LogP contribution in [0.5, 0.6) is 0 Å². The Morgan fingerprint density at radius 2 is 2.18 bits per heavy atom. The van der Waals surface area contributed by atoms with Crippen molar-refractivity contribution in [3.8, 4) is 0 Å². The van der Waals surface area contributed by atoms with Crippen molar-refractivity contribution in [2.45, 2.75) is 31.2 Å². The lowest BCUT2D eigenvalue weighted by Gasteiger charge is -2.32. The number of piperazine rings is 1. The molecule has 3 unspecified atom stereocenters. The summed E-state index contributed by atoms with van der Waals surface area (Å²) in [6.45, 7) is 0.00903. The molecule has 0 saturated carbocycles. The standard InChI is InChI=1S/C10H17F3N2O2/c11-2-1-8(12)9(13)5-7-6-15(10(16)17)4-3-14-7/h7-9,14H,1-6H2,(H,16,17). The van der Waals surface area contributed by atoms with Crippen molar-refractivity contribution in [1.82, 2.24) is 10.2 Å². The number of halogens is 3. The molecule has 0 aromatic heterocycles. The van der Waals surface area contributed by atoms with E-state index in [4.69, 9.17) is 5.11 Å². The highest BCUT2D eigenvalue weighted by molar-refractivity contribution is 5.65. The Labute approximate surface area is 97.8 Å². The van der Waals surface area contributed by atoms with E-state index >= 15 is 0 Å². The number of nitrogens with one attached hydrogen (secondary N) is 1. The fourth-order valence-corrected chi connectivity index (χ4v) is 1.86. The van der Waals surface area contributed by atoms with Crippen molar-refractivity contribution in [3.05, 3.63) is 0 Å². The van der Waals surface area contributed by atoms with Crippen molar-refractivity contribution in [1.29, 1.82) is 0 Å². The van der Waals surface area contributed by atoms with E-state index < -0.39 is 37.6 Å². The Morgan fingerprint density at radius 1 is 1.47 bits per heavy atom. The summed E-state index contributed by atoms with van der Waals surface area (Å²) in [7, 11) is 0. The molecule has 0 spiro atoms. The van der Waals surface area contributed by atoms with E-state index in [9.17, 15) is 18.0 Å². The minimum atomic E-state index is -1.82. The highest BCUT2D eigenvalue weighted by atomic mass is 19.2. The number of carboxylic acid groups (broad SMARTS) is 1. The van der Waals surface area contributed by atoms with Crippen molar-refractivity contribution < 1.29 is 23.1 Å². The van der Waals surface area contributed by atoms with Gasteiger partial charge in [-0.2, -0.15) is 0 Å². The minimum absolute atomic E-state index is 0.134. The summed E-state index contributed by atoms with van der Waals surface area (Å²) >= 11 is 0. The van der Waals surface area contributed by atoms with Crippen LogP contribution in [0.3, 0.4) is 0 Å². The molecule has 0 aliphatic carbocycles. The van der Waals surface area contributed by atoms with Gasteiger partial charge in [-0.3, -0.25) is 4.39 Å². The topological polar surface area (TPSA) is 52.6 Å². The average Bonchev–Trinajstić information content (AvgIpc) is 2.29. The molecule has 0 aromatic rings. The second-order valence-corrected chi connectivity index (χ2v) is 4.12. The first-order valence-corrected chi connectivity index (χ1v) is 5.60. The van der Waals surface area contributed by atoms with E-state index in [0.29, 0.717) is 13.1 Å². The Hall–Kier alpha value is -0.980. The maximum atomic E-state index is 13.3. The summed E-state index contributed by atoms with van der Waals surface area (Å²) in [5.74, 6) is 0. The molecule has 1 saturated heterocycles. The summed E-state index contributed by atoms with van der Waals surface area (Å²) < 4.78 is 38.2. The number of hydrogen-bond acceptors (Lipinski definition) is 2. The summed E-state index contributed by atoms with van der Waals surface area (Å²) in [5, 5.41) is 11.7. The molecule has 4 nitrogen and oxygen atoms in total. The molecule has 2 N–H and O–H groups in total. The molecule has 3 atom stereocenters. The monoisotopic (exact) mass is 254 g/mol. The molecule has 1 fully saturated rings. The van der Waals surface area contributed by atoms with Crippen LogP contribution in [0.2, 0.25) is 0 Å². The molecular formula is C10H17F3N2O2. The van der Waals surface area contributed by atoms with E-state index in [1.54, 1.807) is 0 Å². The molecule has 1 aliphatic rings. The molecule has 1 heterocycles. The minimum Gasteiger partial charge on any atom is -0.465 e. The third-order valence-corrected chi connectivity index (χ3v) is 2.81. The first kappa shape index (κ1) is 14.1.